The molecule has 0 bridgehead atoms. The molecular formula is C16H12N4O5. The number of methoxy groups -OCH3 is 2. The van der Waals surface area contributed by atoms with E-state index in [0.29, 0.717) is 18.0 Å². The quantitative estimate of drug-likeness (QED) is 0.674. The van der Waals surface area contributed by atoms with E-state index in [1.165, 1.54) is 26.4 Å². The lowest BCUT2D eigenvalue weighted by atomic mass is 10.2. The van der Waals surface area contributed by atoms with Crippen LogP contribution < -0.4 is 15.1 Å². The number of nitrogens with zero attached hydrogens (tertiary/aromatic N) is 4. The van der Waals surface area contributed by atoms with Crippen LogP contribution in [-0.4, -0.2) is 31.7 Å². The monoisotopic (exact) mass is 340 g/mol. The van der Waals surface area contributed by atoms with Gasteiger partial charge in [0, 0.05) is 6.07 Å². The Labute approximate surface area is 141 Å². The number of rotatable bonds is 3. The molecule has 0 radical (unpaired) electrons. The molecular weight excluding hydrogens is 328 g/mol. The molecule has 9 nitrogen and oxygen atoms in total. The lowest BCUT2D eigenvalue weighted by Crippen LogP contribution is -2.00. The Balaban J connectivity index is 2.12. The molecule has 126 valence electrons. The third-order valence-electron chi connectivity index (χ3n) is 3.50. The highest BCUT2D eigenvalue weighted by atomic mass is 16.5. The van der Waals surface area contributed by atoms with Crippen molar-refractivity contribution in [1.82, 2.24) is 0 Å². The standard InChI is InChI=1S/C16H12N4O5/c1-23-11-5-9-10(6-12(11)24-2)25-16(22)13(14(9)21)19-20-15-8(7-17)3-4-18-15/h3,5-6,21H,4H2,1-2H3. The fourth-order valence-electron chi connectivity index (χ4n) is 2.27. The molecule has 0 spiro atoms. The number of hydrogen-bond acceptors (Lipinski definition) is 9. The van der Waals surface area contributed by atoms with E-state index >= 15 is 0 Å². The number of hydrogen-bond donors (Lipinski definition) is 1. The normalized spacial score (nSPS) is 13.6. The molecule has 0 unspecified atom stereocenters. The first-order valence-electron chi connectivity index (χ1n) is 7.07. The first-order chi connectivity index (χ1) is 12.1. The zero-order valence-corrected chi connectivity index (χ0v) is 13.3. The predicted molar refractivity (Wildman–Crippen MR) is 87.8 cm³/mol. The van der Waals surface area contributed by atoms with Gasteiger partial charge in [-0.05, 0) is 12.1 Å². The van der Waals surface area contributed by atoms with Gasteiger partial charge in [-0.3, -0.25) is 4.99 Å². The summed E-state index contributed by atoms with van der Waals surface area (Å²) >= 11 is 0. The van der Waals surface area contributed by atoms with E-state index in [2.05, 4.69) is 15.2 Å². The minimum atomic E-state index is -0.887. The summed E-state index contributed by atoms with van der Waals surface area (Å²) in [5, 5.41) is 27.0. The molecule has 25 heavy (non-hydrogen) atoms. The summed E-state index contributed by atoms with van der Waals surface area (Å²) in [5.41, 5.74) is -0.927. The Morgan fingerprint density at radius 3 is 2.68 bits per heavy atom. The van der Waals surface area contributed by atoms with Crippen LogP contribution in [0.1, 0.15) is 0 Å². The van der Waals surface area contributed by atoms with Crippen LogP contribution in [0.4, 0.5) is 5.69 Å². The summed E-state index contributed by atoms with van der Waals surface area (Å²) in [7, 11) is 2.88. The minimum Gasteiger partial charge on any atom is -0.505 e. The maximum atomic E-state index is 12.1. The van der Waals surface area contributed by atoms with E-state index in [-0.39, 0.29) is 22.4 Å². The zero-order chi connectivity index (χ0) is 18.0. The lowest BCUT2D eigenvalue weighted by molar-refractivity contribution is 0.354. The highest BCUT2D eigenvalue weighted by Crippen LogP contribution is 2.38. The average molecular weight is 340 g/mol. The van der Waals surface area contributed by atoms with Gasteiger partial charge in [-0.2, -0.15) is 5.26 Å². The Morgan fingerprint density at radius 1 is 1.28 bits per heavy atom. The van der Waals surface area contributed by atoms with Crippen molar-refractivity contribution >= 4 is 22.5 Å². The van der Waals surface area contributed by atoms with Gasteiger partial charge in [0.15, 0.2) is 23.1 Å². The van der Waals surface area contributed by atoms with E-state index in [4.69, 9.17) is 19.2 Å². The number of azo groups is 1. The Hall–Kier alpha value is -3.67. The SMILES string of the molecule is COc1cc2oc(=O)c(N=NC3=NCC=C3C#N)c(O)c2cc1OC. The van der Waals surface area contributed by atoms with E-state index in [1.807, 2.05) is 6.07 Å². The molecule has 3 rings (SSSR count). The average Bonchev–Trinajstić information content (AvgIpc) is 3.08. The van der Waals surface area contributed by atoms with Gasteiger partial charge in [0.05, 0.1) is 31.7 Å². The zero-order valence-electron chi connectivity index (χ0n) is 13.3. The lowest BCUT2D eigenvalue weighted by Gasteiger charge is -2.09. The van der Waals surface area contributed by atoms with Crippen molar-refractivity contribution in [3.05, 3.63) is 34.2 Å². The Bertz CT molecular complexity index is 1040. The van der Waals surface area contributed by atoms with E-state index in [9.17, 15) is 9.90 Å². The van der Waals surface area contributed by atoms with Crippen LogP contribution in [0, 0.1) is 11.3 Å². The van der Waals surface area contributed by atoms with Gasteiger partial charge in [0.25, 0.3) is 0 Å². The van der Waals surface area contributed by atoms with Crippen LogP contribution in [0.25, 0.3) is 11.0 Å². The summed E-state index contributed by atoms with van der Waals surface area (Å²) in [6.07, 6.45) is 1.58. The van der Waals surface area contributed by atoms with Crippen molar-refractivity contribution in [1.29, 1.82) is 5.26 Å². The van der Waals surface area contributed by atoms with Crippen molar-refractivity contribution in [2.24, 2.45) is 15.2 Å². The molecule has 2 aromatic rings. The van der Waals surface area contributed by atoms with Crippen LogP contribution in [0.2, 0.25) is 0 Å². The van der Waals surface area contributed by atoms with Crippen LogP contribution >= 0.6 is 0 Å². The molecule has 1 aliphatic rings. The smallest absolute Gasteiger partial charge is 0.368 e. The third kappa shape index (κ3) is 2.81. The van der Waals surface area contributed by atoms with E-state index < -0.39 is 17.1 Å². The molecule has 9 heteroatoms. The second-order valence-electron chi connectivity index (χ2n) is 4.88. The second-order valence-corrected chi connectivity index (χ2v) is 4.88. The van der Waals surface area contributed by atoms with Crippen molar-refractivity contribution in [2.45, 2.75) is 0 Å². The van der Waals surface area contributed by atoms with Gasteiger partial charge in [0.1, 0.15) is 11.7 Å². The molecule has 1 aliphatic heterocycles. The van der Waals surface area contributed by atoms with E-state index in [1.54, 1.807) is 6.08 Å². The molecule has 0 amide bonds. The fraction of sp³-hybridized carbons (Fsp3) is 0.188. The summed E-state index contributed by atoms with van der Waals surface area (Å²) in [4.78, 5) is 16.1. The highest BCUT2D eigenvalue weighted by molar-refractivity contribution is 6.03. The number of aromatic hydroxyl groups is 1. The number of amidine groups is 1. The van der Waals surface area contributed by atoms with Gasteiger partial charge in [-0.15, -0.1) is 10.2 Å². The van der Waals surface area contributed by atoms with Crippen molar-refractivity contribution in [2.75, 3.05) is 20.8 Å². The van der Waals surface area contributed by atoms with Gasteiger partial charge in [0.2, 0.25) is 5.69 Å². The number of fused-ring (bicyclic) bond motifs is 1. The summed E-state index contributed by atoms with van der Waals surface area (Å²) < 4.78 is 15.5. The van der Waals surface area contributed by atoms with Crippen molar-refractivity contribution in [3.8, 4) is 23.3 Å². The summed E-state index contributed by atoms with van der Waals surface area (Å²) in [6.45, 7) is 0.312. The van der Waals surface area contributed by atoms with Gasteiger partial charge in [-0.25, -0.2) is 4.79 Å². The number of nitriles is 1. The summed E-state index contributed by atoms with van der Waals surface area (Å²) in [6, 6.07) is 4.80. The molecule has 1 N–H and O–H groups in total. The molecule has 0 aliphatic carbocycles. The molecule has 0 saturated heterocycles. The minimum absolute atomic E-state index is 0.0914. The van der Waals surface area contributed by atoms with Crippen molar-refractivity contribution in [3.63, 3.8) is 0 Å². The van der Waals surface area contributed by atoms with Crippen LogP contribution in [0.5, 0.6) is 17.2 Å². The molecule has 2 heterocycles. The maximum absolute atomic E-state index is 12.1. The largest absolute Gasteiger partial charge is 0.505 e. The van der Waals surface area contributed by atoms with Crippen LogP contribution in [0.15, 0.2) is 48.2 Å². The molecule has 1 aromatic heterocycles. The second kappa shape index (κ2) is 6.45. The summed E-state index contributed by atoms with van der Waals surface area (Å²) in [5.74, 6) is 0.360. The molecule has 0 fully saturated rings. The fourth-order valence-corrected chi connectivity index (χ4v) is 2.27. The highest BCUT2D eigenvalue weighted by Gasteiger charge is 2.18. The number of aliphatic imine (C=N–C) groups is 1. The van der Waals surface area contributed by atoms with Gasteiger partial charge < -0.3 is 19.0 Å². The van der Waals surface area contributed by atoms with E-state index in [0.717, 1.165) is 0 Å². The van der Waals surface area contributed by atoms with Gasteiger partial charge >= 0.3 is 5.63 Å². The maximum Gasteiger partial charge on any atom is 0.368 e. The van der Waals surface area contributed by atoms with Gasteiger partial charge in [-0.1, -0.05) is 0 Å². The predicted octanol–water partition coefficient (Wildman–Crippen LogP) is 2.46. The third-order valence-corrected chi connectivity index (χ3v) is 3.50. The Kier molecular flexibility index (Phi) is 4.18. The molecule has 1 aromatic carbocycles. The molecule has 0 atom stereocenters. The van der Waals surface area contributed by atoms with Crippen molar-refractivity contribution < 1.29 is 19.0 Å². The first kappa shape index (κ1) is 16.2. The number of benzene rings is 1. The Morgan fingerprint density at radius 2 is 2.00 bits per heavy atom. The topological polar surface area (TPSA) is 130 Å². The number of ether oxygens (including phenoxy) is 2. The first-order valence-corrected chi connectivity index (χ1v) is 7.07. The van der Waals surface area contributed by atoms with Crippen LogP contribution in [0.3, 0.4) is 0 Å². The molecule has 0 saturated carbocycles. The van der Waals surface area contributed by atoms with Crippen LogP contribution in [-0.2, 0) is 0 Å².